The molecule has 0 spiro atoms. The average molecular weight is 364 g/mol. The third-order valence-corrected chi connectivity index (χ3v) is 4.85. The van der Waals surface area contributed by atoms with E-state index in [9.17, 15) is 13.2 Å². The van der Waals surface area contributed by atoms with Crippen LogP contribution in [-0.2, 0) is 21.4 Å². The topological polar surface area (TPSA) is 84.3 Å². The predicted octanol–water partition coefficient (Wildman–Crippen LogP) is 1.47. The number of para-hydroxylation sites is 1. The van der Waals surface area contributed by atoms with Crippen molar-refractivity contribution in [1.29, 1.82) is 0 Å². The van der Waals surface area contributed by atoms with E-state index in [0.29, 0.717) is 18.8 Å². The summed E-state index contributed by atoms with van der Waals surface area (Å²) in [4.78, 5) is 12.2. The summed E-state index contributed by atoms with van der Waals surface area (Å²) in [6.45, 7) is 4.71. The fourth-order valence-electron chi connectivity index (χ4n) is 2.47. The molecule has 0 aliphatic heterocycles. The van der Waals surface area contributed by atoms with Crippen LogP contribution in [0.5, 0.6) is 0 Å². The molecule has 1 aromatic carbocycles. The summed E-state index contributed by atoms with van der Waals surface area (Å²) in [5.74, 6) is -0.328. The summed E-state index contributed by atoms with van der Waals surface area (Å²) in [6.07, 6.45) is 5.54. The van der Waals surface area contributed by atoms with Gasteiger partial charge in [0.25, 0.3) is 0 Å². The Hall–Kier alpha value is -2.35. The van der Waals surface area contributed by atoms with Crippen molar-refractivity contribution in [2.75, 3.05) is 23.7 Å². The molecule has 0 saturated heterocycles. The Morgan fingerprint density at radius 3 is 2.60 bits per heavy atom. The number of sulfonamides is 1. The molecule has 0 atom stereocenters. The molecule has 0 aliphatic carbocycles. The van der Waals surface area contributed by atoms with Gasteiger partial charge in [0.1, 0.15) is 6.54 Å². The molecule has 2 rings (SSSR count). The molecule has 8 heteroatoms. The highest BCUT2D eigenvalue weighted by atomic mass is 32.2. The molecule has 0 unspecified atom stereocenters. The molecule has 1 N–H and O–H groups in total. The van der Waals surface area contributed by atoms with Crippen molar-refractivity contribution in [2.45, 2.75) is 26.8 Å². The first-order valence-electron chi connectivity index (χ1n) is 8.06. The second-order valence-corrected chi connectivity index (χ2v) is 7.95. The SMILES string of the molecule is Cc1cnn(CCCNC(=O)CN(c2ccccc2C)S(C)(=O)=O)c1. The lowest BCUT2D eigenvalue weighted by atomic mass is 10.2. The number of aryl methyl sites for hydroxylation is 3. The number of amides is 1. The highest BCUT2D eigenvalue weighted by Crippen LogP contribution is 2.21. The first kappa shape index (κ1) is 19.0. The monoisotopic (exact) mass is 364 g/mol. The summed E-state index contributed by atoms with van der Waals surface area (Å²) in [5, 5.41) is 6.94. The molecule has 0 radical (unpaired) electrons. The van der Waals surface area contributed by atoms with Gasteiger partial charge in [0.15, 0.2) is 0 Å². The molecule has 0 aliphatic rings. The standard InChI is InChI=1S/C17H24N4O3S/c1-14-11-19-20(12-14)10-6-9-18-17(22)13-21(25(3,23)24)16-8-5-4-7-15(16)2/h4-5,7-8,11-12H,6,9-10,13H2,1-3H3,(H,18,22). The maximum absolute atomic E-state index is 12.2. The molecule has 2 aromatic rings. The number of hydrogen-bond donors (Lipinski definition) is 1. The molecule has 0 saturated carbocycles. The van der Waals surface area contributed by atoms with Gasteiger partial charge in [-0.3, -0.25) is 13.8 Å². The number of hydrogen-bond acceptors (Lipinski definition) is 4. The van der Waals surface area contributed by atoms with Crippen LogP contribution in [0.2, 0.25) is 0 Å². The molecule has 1 aromatic heterocycles. The van der Waals surface area contributed by atoms with E-state index < -0.39 is 10.0 Å². The minimum absolute atomic E-state index is 0.232. The lowest BCUT2D eigenvalue weighted by Crippen LogP contribution is -2.41. The fourth-order valence-corrected chi connectivity index (χ4v) is 3.38. The Labute approximate surface area is 148 Å². The number of carbonyl (C=O) groups is 1. The summed E-state index contributed by atoms with van der Waals surface area (Å²) >= 11 is 0. The second kappa shape index (κ2) is 8.15. The van der Waals surface area contributed by atoms with Gasteiger partial charge in [0.2, 0.25) is 15.9 Å². The lowest BCUT2D eigenvalue weighted by Gasteiger charge is -2.23. The van der Waals surface area contributed by atoms with Crippen LogP contribution < -0.4 is 9.62 Å². The minimum Gasteiger partial charge on any atom is -0.354 e. The molecular weight excluding hydrogens is 340 g/mol. The maximum Gasteiger partial charge on any atom is 0.240 e. The first-order valence-corrected chi connectivity index (χ1v) is 9.91. The van der Waals surface area contributed by atoms with Crippen LogP contribution in [0.25, 0.3) is 0 Å². The highest BCUT2D eigenvalue weighted by molar-refractivity contribution is 7.92. The summed E-state index contributed by atoms with van der Waals surface area (Å²) in [5.41, 5.74) is 2.41. The zero-order valence-electron chi connectivity index (χ0n) is 14.8. The Morgan fingerprint density at radius 1 is 1.28 bits per heavy atom. The number of aromatic nitrogens is 2. The van der Waals surface area contributed by atoms with Crippen LogP contribution in [0.15, 0.2) is 36.7 Å². The molecule has 0 fully saturated rings. The summed E-state index contributed by atoms with van der Waals surface area (Å²) in [7, 11) is -3.55. The van der Waals surface area contributed by atoms with Gasteiger partial charge in [-0.2, -0.15) is 5.10 Å². The molecule has 25 heavy (non-hydrogen) atoms. The number of nitrogens with one attached hydrogen (secondary N) is 1. The summed E-state index contributed by atoms with van der Waals surface area (Å²) in [6, 6.07) is 7.10. The maximum atomic E-state index is 12.2. The molecule has 7 nitrogen and oxygen atoms in total. The van der Waals surface area contributed by atoms with Gasteiger partial charge in [0, 0.05) is 19.3 Å². The fraction of sp³-hybridized carbons (Fsp3) is 0.412. The Kier molecular flexibility index (Phi) is 6.19. The van der Waals surface area contributed by atoms with Gasteiger partial charge in [-0.05, 0) is 37.5 Å². The van der Waals surface area contributed by atoms with Gasteiger partial charge in [-0.15, -0.1) is 0 Å². The number of carbonyl (C=O) groups excluding carboxylic acids is 1. The Balaban J connectivity index is 1.90. The van der Waals surface area contributed by atoms with Crippen molar-refractivity contribution in [3.05, 3.63) is 47.8 Å². The Morgan fingerprint density at radius 2 is 2.00 bits per heavy atom. The average Bonchev–Trinajstić information content (AvgIpc) is 2.94. The van der Waals surface area contributed by atoms with E-state index in [4.69, 9.17) is 0 Å². The summed E-state index contributed by atoms with van der Waals surface area (Å²) < 4.78 is 27.1. The van der Waals surface area contributed by atoms with Crippen LogP contribution in [0.3, 0.4) is 0 Å². The van der Waals surface area contributed by atoms with Gasteiger partial charge in [-0.1, -0.05) is 18.2 Å². The van der Waals surface area contributed by atoms with Crippen molar-refractivity contribution in [3.8, 4) is 0 Å². The third kappa shape index (κ3) is 5.60. The normalized spacial score (nSPS) is 11.3. The van der Waals surface area contributed by atoms with Crippen molar-refractivity contribution in [2.24, 2.45) is 0 Å². The van der Waals surface area contributed by atoms with Gasteiger partial charge in [0.05, 0.1) is 18.1 Å². The van der Waals surface area contributed by atoms with E-state index in [-0.39, 0.29) is 12.5 Å². The molecule has 1 heterocycles. The van der Waals surface area contributed by atoms with Crippen LogP contribution in [0.1, 0.15) is 17.5 Å². The van der Waals surface area contributed by atoms with Crippen LogP contribution in [0, 0.1) is 13.8 Å². The van der Waals surface area contributed by atoms with Crippen molar-refractivity contribution < 1.29 is 13.2 Å². The number of anilines is 1. The quantitative estimate of drug-likeness (QED) is 0.719. The number of benzene rings is 1. The van der Waals surface area contributed by atoms with E-state index in [1.54, 1.807) is 18.3 Å². The van der Waals surface area contributed by atoms with Gasteiger partial charge in [-0.25, -0.2) is 8.42 Å². The van der Waals surface area contributed by atoms with E-state index in [1.165, 1.54) is 0 Å². The highest BCUT2D eigenvalue weighted by Gasteiger charge is 2.21. The Bertz CT molecular complexity index is 830. The van der Waals surface area contributed by atoms with Gasteiger partial charge >= 0.3 is 0 Å². The van der Waals surface area contributed by atoms with Crippen LogP contribution >= 0.6 is 0 Å². The smallest absolute Gasteiger partial charge is 0.240 e. The van der Waals surface area contributed by atoms with E-state index in [2.05, 4.69) is 10.4 Å². The van der Waals surface area contributed by atoms with Crippen molar-refractivity contribution >= 4 is 21.6 Å². The zero-order chi connectivity index (χ0) is 18.4. The number of nitrogens with zero attached hydrogens (tertiary/aromatic N) is 3. The van der Waals surface area contributed by atoms with E-state index in [0.717, 1.165) is 28.1 Å². The van der Waals surface area contributed by atoms with Gasteiger partial charge < -0.3 is 5.32 Å². The third-order valence-electron chi connectivity index (χ3n) is 3.72. The molecule has 136 valence electrons. The van der Waals surface area contributed by atoms with Crippen molar-refractivity contribution in [3.63, 3.8) is 0 Å². The van der Waals surface area contributed by atoms with Crippen LogP contribution in [0.4, 0.5) is 5.69 Å². The van der Waals surface area contributed by atoms with E-state index >= 15 is 0 Å². The first-order chi connectivity index (χ1) is 11.8. The minimum atomic E-state index is -3.55. The molecule has 0 bridgehead atoms. The van der Waals surface area contributed by atoms with Crippen molar-refractivity contribution in [1.82, 2.24) is 15.1 Å². The van der Waals surface area contributed by atoms with Crippen LogP contribution in [-0.4, -0.2) is 43.5 Å². The molecule has 1 amide bonds. The second-order valence-electron chi connectivity index (χ2n) is 6.04. The van der Waals surface area contributed by atoms with E-state index in [1.807, 2.05) is 36.9 Å². The predicted molar refractivity (Wildman–Crippen MR) is 98.0 cm³/mol. The number of rotatable bonds is 8. The zero-order valence-corrected chi connectivity index (χ0v) is 15.6. The molecular formula is C17H24N4O3S. The largest absolute Gasteiger partial charge is 0.354 e. The lowest BCUT2D eigenvalue weighted by molar-refractivity contribution is -0.119.